The molecular formula is C11H9BrF3N3. The van der Waals surface area contributed by atoms with Gasteiger partial charge in [-0.3, -0.25) is 0 Å². The van der Waals surface area contributed by atoms with E-state index in [-0.39, 0.29) is 12.2 Å². The Bertz CT molecular complexity index is 563. The van der Waals surface area contributed by atoms with E-state index < -0.39 is 11.7 Å². The standard InChI is InChI=1S/C11H9BrF3N3/c12-7-1-2-10(9(5-7)11(13,14)15)18-4-3-8(6-16)17-18/h1-5H,6,16H2. The fraction of sp³-hybridized carbons (Fsp3) is 0.182. The fourth-order valence-corrected chi connectivity index (χ4v) is 1.90. The van der Waals surface area contributed by atoms with Crippen LogP contribution < -0.4 is 5.73 Å². The molecule has 0 unspecified atom stereocenters. The van der Waals surface area contributed by atoms with Crippen molar-refractivity contribution in [2.24, 2.45) is 5.73 Å². The average molecular weight is 320 g/mol. The third-order valence-electron chi connectivity index (χ3n) is 2.36. The summed E-state index contributed by atoms with van der Waals surface area (Å²) in [6.07, 6.45) is -2.98. The summed E-state index contributed by atoms with van der Waals surface area (Å²) in [7, 11) is 0. The molecule has 1 heterocycles. The van der Waals surface area contributed by atoms with Gasteiger partial charge in [-0.2, -0.15) is 18.3 Å². The molecule has 1 aromatic heterocycles. The molecule has 0 saturated heterocycles. The normalized spacial score (nSPS) is 11.8. The number of nitrogens with zero attached hydrogens (tertiary/aromatic N) is 2. The predicted molar refractivity (Wildman–Crippen MR) is 64.2 cm³/mol. The summed E-state index contributed by atoms with van der Waals surface area (Å²) >= 11 is 3.03. The van der Waals surface area contributed by atoms with Crippen LogP contribution in [0.2, 0.25) is 0 Å². The maximum Gasteiger partial charge on any atom is 0.418 e. The highest BCUT2D eigenvalue weighted by Crippen LogP contribution is 2.35. The van der Waals surface area contributed by atoms with Gasteiger partial charge in [0.05, 0.1) is 16.9 Å². The number of hydrogen-bond acceptors (Lipinski definition) is 2. The molecule has 0 radical (unpaired) electrons. The number of alkyl halides is 3. The zero-order chi connectivity index (χ0) is 13.3. The van der Waals surface area contributed by atoms with E-state index in [9.17, 15) is 13.2 Å². The Labute approximate surface area is 110 Å². The molecule has 2 N–H and O–H groups in total. The van der Waals surface area contributed by atoms with Crippen molar-refractivity contribution in [3.63, 3.8) is 0 Å². The van der Waals surface area contributed by atoms with Crippen molar-refractivity contribution < 1.29 is 13.2 Å². The highest BCUT2D eigenvalue weighted by atomic mass is 79.9. The van der Waals surface area contributed by atoms with Gasteiger partial charge < -0.3 is 5.73 Å². The fourth-order valence-electron chi connectivity index (χ4n) is 1.54. The van der Waals surface area contributed by atoms with Gasteiger partial charge >= 0.3 is 6.18 Å². The SMILES string of the molecule is NCc1ccn(-c2ccc(Br)cc2C(F)(F)F)n1. The molecular weight excluding hydrogens is 311 g/mol. The second-order valence-electron chi connectivity index (χ2n) is 3.61. The lowest BCUT2D eigenvalue weighted by atomic mass is 10.1. The lowest BCUT2D eigenvalue weighted by molar-refractivity contribution is -0.137. The van der Waals surface area contributed by atoms with E-state index in [0.29, 0.717) is 10.2 Å². The molecule has 0 bridgehead atoms. The Morgan fingerprint density at radius 2 is 2.00 bits per heavy atom. The van der Waals surface area contributed by atoms with E-state index in [1.807, 2.05) is 0 Å². The molecule has 0 aliphatic heterocycles. The third-order valence-corrected chi connectivity index (χ3v) is 2.86. The molecule has 1 aromatic carbocycles. The van der Waals surface area contributed by atoms with Crippen molar-refractivity contribution in [1.29, 1.82) is 0 Å². The van der Waals surface area contributed by atoms with Crippen molar-refractivity contribution in [2.45, 2.75) is 12.7 Å². The number of hydrogen-bond donors (Lipinski definition) is 1. The summed E-state index contributed by atoms with van der Waals surface area (Å²) in [5.74, 6) is 0. The highest BCUT2D eigenvalue weighted by Gasteiger charge is 2.34. The smallest absolute Gasteiger partial charge is 0.325 e. The van der Waals surface area contributed by atoms with E-state index in [0.717, 1.165) is 6.07 Å². The Hall–Kier alpha value is -1.34. The minimum atomic E-state index is -4.44. The molecule has 0 aliphatic rings. The Morgan fingerprint density at radius 1 is 1.28 bits per heavy atom. The van der Waals surface area contributed by atoms with Crippen molar-refractivity contribution in [1.82, 2.24) is 9.78 Å². The summed E-state index contributed by atoms with van der Waals surface area (Å²) in [6, 6.07) is 5.51. The Balaban J connectivity index is 2.56. The molecule has 0 saturated carbocycles. The molecule has 2 rings (SSSR count). The van der Waals surface area contributed by atoms with E-state index in [4.69, 9.17) is 5.73 Å². The van der Waals surface area contributed by atoms with Crippen LogP contribution in [0.15, 0.2) is 34.9 Å². The highest BCUT2D eigenvalue weighted by molar-refractivity contribution is 9.10. The maximum atomic E-state index is 12.9. The minimum absolute atomic E-state index is 0.0228. The van der Waals surface area contributed by atoms with Crippen LogP contribution in [0.4, 0.5) is 13.2 Å². The van der Waals surface area contributed by atoms with Gasteiger partial charge in [0.15, 0.2) is 0 Å². The second-order valence-corrected chi connectivity index (χ2v) is 4.53. The maximum absolute atomic E-state index is 12.9. The largest absolute Gasteiger partial charge is 0.418 e. The molecule has 0 aliphatic carbocycles. The predicted octanol–water partition coefficient (Wildman–Crippen LogP) is 3.11. The number of aromatic nitrogens is 2. The first-order valence-electron chi connectivity index (χ1n) is 5.03. The molecule has 3 nitrogen and oxygen atoms in total. The molecule has 0 amide bonds. The molecule has 18 heavy (non-hydrogen) atoms. The first-order valence-corrected chi connectivity index (χ1v) is 5.83. The van der Waals surface area contributed by atoms with Crippen LogP contribution in [0, 0.1) is 0 Å². The minimum Gasteiger partial charge on any atom is -0.325 e. The number of nitrogens with two attached hydrogens (primary N) is 1. The molecule has 2 aromatic rings. The summed E-state index contributed by atoms with van der Waals surface area (Å²) in [4.78, 5) is 0. The third kappa shape index (κ3) is 2.56. The van der Waals surface area contributed by atoms with Gasteiger partial charge in [-0.1, -0.05) is 15.9 Å². The van der Waals surface area contributed by atoms with Crippen LogP contribution in [0.1, 0.15) is 11.3 Å². The zero-order valence-corrected chi connectivity index (χ0v) is 10.7. The van der Waals surface area contributed by atoms with E-state index in [2.05, 4.69) is 21.0 Å². The second kappa shape index (κ2) is 4.74. The van der Waals surface area contributed by atoms with Crippen molar-refractivity contribution in [3.05, 3.63) is 46.2 Å². The number of benzene rings is 1. The Morgan fingerprint density at radius 3 is 2.56 bits per heavy atom. The molecule has 0 fully saturated rings. The van der Waals surface area contributed by atoms with Crippen molar-refractivity contribution in [3.8, 4) is 5.69 Å². The van der Waals surface area contributed by atoms with Crippen LogP contribution in [-0.2, 0) is 12.7 Å². The van der Waals surface area contributed by atoms with Crippen LogP contribution in [-0.4, -0.2) is 9.78 Å². The lowest BCUT2D eigenvalue weighted by Crippen LogP contribution is -2.11. The van der Waals surface area contributed by atoms with Crippen LogP contribution in [0.3, 0.4) is 0 Å². The topological polar surface area (TPSA) is 43.8 Å². The Kier molecular flexibility index (Phi) is 3.45. The summed E-state index contributed by atoms with van der Waals surface area (Å²) < 4.78 is 40.3. The number of halogens is 4. The van der Waals surface area contributed by atoms with Gasteiger partial charge in [-0.05, 0) is 24.3 Å². The molecule has 7 heteroatoms. The molecule has 0 atom stereocenters. The first-order chi connectivity index (χ1) is 8.41. The number of rotatable bonds is 2. The van der Waals surface area contributed by atoms with Gasteiger partial charge in [-0.25, -0.2) is 4.68 Å². The van der Waals surface area contributed by atoms with Gasteiger partial charge in [0.1, 0.15) is 0 Å². The molecule has 0 spiro atoms. The first kappa shape index (κ1) is 13.1. The summed E-state index contributed by atoms with van der Waals surface area (Å²) in [6.45, 7) is 0.185. The van der Waals surface area contributed by atoms with Gasteiger partial charge in [-0.15, -0.1) is 0 Å². The van der Waals surface area contributed by atoms with Crippen LogP contribution in [0.5, 0.6) is 0 Å². The lowest BCUT2D eigenvalue weighted by Gasteiger charge is -2.13. The van der Waals surface area contributed by atoms with E-state index >= 15 is 0 Å². The van der Waals surface area contributed by atoms with Crippen LogP contribution in [0.25, 0.3) is 5.69 Å². The summed E-state index contributed by atoms with van der Waals surface area (Å²) in [5.41, 5.74) is 5.15. The van der Waals surface area contributed by atoms with Crippen LogP contribution >= 0.6 is 15.9 Å². The van der Waals surface area contributed by atoms with Gasteiger partial charge in [0.2, 0.25) is 0 Å². The van der Waals surface area contributed by atoms with Gasteiger partial charge in [0, 0.05) is 17.2 Å². The zero-order valence-electron chi connectivity index (χ0n) is 9.08. The van der Waals surface area contributed by atoms with Crippen molar-refractivity contribution >= 4 is 15.9 Å². The van der Waals surface area contributed by atoms with Gasteiger partial charge in [0.25, 0.3) is 0 Å². The monoisotopic (exact) mass is 319 g/mol. The van der Waals surface area contributed by atoms with E-state index in [1.54, 1.807) is 6.07 Å². The quantitative estimate of drug-likeness (QED) is 0.924. The summed E-state index contributed by atoms with van der Waals surface area (Å²) in [5, 5.41) is 3.98. The van der Waals surface area contributed by atoms with Crippen molar-refractivity contribution in [2.75, 3.05) is 0 Å². The molecule has 96 valence electrons. The average Bonchev–Trinajstić information content (AvgIpc) is 2.76. The van der Waals surface area contributed by atoms with E-state index in [1.165, 1.54) is 23.0 Å².